The Morgan fingerprint density at radius 2 is 0.770 bits per heavy atom. The lowest BCUT2D eigenvalue weighted by Gasteiger charge is -2.25. The molecule has 0 amide bonds. The van der Waals surface area contributed by atoms with E-state index in [-0.39, 0.29) is 32.2 Å². The van der Waals surface area contributed by atoms with Gasteiger partial charge >= 0.3 is 17.9 Å². The van der Waals surface area contributed by atoms with Crippen molar-refractivity contribution in [1.82, 2.24) is 0 Å². The first-order valence-corrected chi connectivity index (χ1v) is 29.2. The van der Waals surface area contributed by atoms with Gasteiger partial charge in [-0.05, 0) is 89.9 Å². The lowest BCUT2D eigenvalue weighted by Crippen LogP contribution is -2.40. The second-order valence-corrected chi connectivity index (χ2v) is 20.2. The summed E-state index contributed by atoms with van der Waals surface area (Å²) in [5, 5.41) is 9.68. The Hall–Kier alpha value is -4.31. The van der Waals surface area contributed by atoms with Crippen LogP contribution in [0.3, 0.4) is 0 Å². The molecule has 0 aliphatic heterocycles. The summed E-state index contributed by atoms with van der Waals surface area (Å²) in [6.07, 6.45) is 74.3. The topological polar surface area (TPSA) is 108 Å². The van der Waals surface area contributed by atoms with Crippen LogP contribution in [0, 0.1) is 0 Å². The number of carboxylic acid groups (broad SMARTS) is 1. The fourth-order valence-corrected chi connectivity index (χ4v) is 7.51. The number of quaternary nitrogens is 1. The molecule has 0 aromatic heterocycles. The number of carboxylic acids is 1. The fraction of sp³-hybridized carbons (Fsp3) is 0.646. The van der Waals surface area contributed by atoms with E-state index in [9.17, 15) is 19.5 Å². The van der Waals surface area contributed by atoms with Crippen LogP contribution in [0.4, 0.5) is 0 Å². The molecule has 9 nitrogen and oxygen atoms in total. The van der Waals surface area contributed by atoms with E-state index < -0.39 is 24.3 Å². The summed E-state index contributed by atoms with van der Waals surface area (Å²) >= 11 is 0. The lowest BCUT2D eigenvalue weighted by molar-refractivity contribution is -0.870. The number of allylic oxidation sites excluding steroid dienone is 20. The molecule has 0 rings (SSSR count). The predicted molar refractivity (Wildman–Crippen MR) is 313 cm³/mol. The van der Waals surface area contributed by atoms with E-state index in [1.165, 1.54) is 57.8 Å². The predicted octanol–water partition coefficient (Wildman–Crippen LogP) is 17.3. The number of aliphatic carboxylic acids is 1. The molecule has 9 heteroatoms. The lowest BCUT2D eigenvalue weighted by atomic mass is 10.0. The molecule has 0 spiro atoms. The van der Waals surface area contributed by atoms with Crippen molar-refractivity contribution >= 4 is 17.9 Å². The number of ether oxygens (including phenoxy) is 4. The molecule has 0 radical (unpaired) electrons. The molecule has 0 aliphatic rings. The molecular formula is C65H108NO8+. The van der Waals surface area contributed by atoms with E-state index in [1.807, 2.05) is 21.1 Å². The summed E-state index contributed by atoms with van der Waals surface area (Å²) in [4.78, 5) is 37.3. The molecule has 0 aromatic carbocycles. The number of carbonyl (C=O) groups excluding carboxylic acids is 2. The molecule has 2 atom stereocenters. The molecule has 0 saturated carbocycles. The molecule has 2 unspecified atom stereocenters. The van der Waals surface area contributed by atoms with Gasteiger partial charge in [0.1, 0.15) is 13.2 Å². The normalized spacial score (nSPS) is 13.7. The number of carbonyl (C=O) groups is 3. The van der Waals surface area contributed by atoms with Crippen LogP contribution in [0.1, 0.15) is 213 Å². The van der Waals surface area contributed by atoms with E-state index in [1.54, 1.807) is 0 Å². The number of hydrogen-bond acceptors (Lipinski definition) is 7. The standard InChI is InChI=1S/C65H107NO8/c1-6-8-10-12-14-16-18-20-21-22-23-24-25-26-27-28-29-30-31-32-33-34-35-36-37-38-39-40-41-42-43-44-46-48-50-52-54-56-63(68)74-61(60-73-65(64(69)70)71-58-57-66(3,4)5)59-72-62(67)55-53-51-49-47-45-19-17-15-13-11-9-7-2/h8,10,14,16,20-21,23-24,26-27,29-30,32-33,35-36,38-39,41-42,61,65H,6-7,9,11-13,15,17-19,22,25,28,31,34,37,40,43-60H2,1-5H3/p+1/b10-8-,16-14-,21-20-,24-23-,27-26-,30-29-,33-32-,36-35-,39-38-,42-41-. The van der Waals surface area contributed by atoms with Crippen molar-refractivity contribution in [3.8, 4) is 0 Å². The van der Waals surface area contributed by atoms with Gasteiger partial charge in [-0.25, -0.2) is 4.79 Å². The van der Waals surface area contributed by atoms with Crippen LogP contribution in [-0.4, -0.2) is 87.4 Å². The second kappa shape index (κ2) is 54.9. The van der Waals surface area contributed by atoms with E-state index in [2.05, 4.69) is 135 Å². The Labute approximate surface area is 453 Å². The SMILES string of the molecule is CC/C=C\C/C=C\C/C=C\C/C=C\C/C=C\C/C=C\C/C=C\C/C=C\C/C=C\C/C=C\CCCCCCCCC(=O)OC(COC(=O)CCCCCCCCCCCCCC)COC(OCC[N+](C)(C)C)C(=O)O. The van der Waals surface area contributed by atoms with Crippen molar-refractivity contribution in [3.05, 3.63) is 122 Å². The maximum Gasteiger partial charge on any atom is 0.361 e. The number of nitrogens with zero attached hydrogens (tertiary/aromatic N) is 1. The van der Waals surface area contributed by atoms with Gasteiger partial charge < -0.3 is 28.5 Å². The van der Waals surface area contributed by atoms with Crippen molar-refractivity contribution in [1.29, 1.82) is 0 Å². The first-order chi connectivity index (χ1) is 36.1. The van der Waals surface area contributed by atoms with E-state index in [4.69, 9.17) is 18.9 Å². The zero-order valence-electron chi connectivity index (χ0n) is 47.7. The molecule has 0 saturated heterocycles. The van der Waals surface area contributed by atoms with Gasteiger partial charge in [-0.1, -0.05) is 232 Å². The number of likely N-dealkylation sites (N-methyl/N-ethyl adjacent to an activating group) is 1. The van der Waals surface area contributed by atoms with Gasteiger partial charge in [-0.15, -0.1) is 0 Å². The molecular weight excluding hydrogens is 923 g/mol. The number of esters is 2. The highest BCUT2D eigenvalue weighted by Crippen LogP contribution is 2.14. The Kier molecular flexibility index (Phi) is 51.7. The molecule has 0 fully saturated rings. The Balaban J connectivity index is 4.22. The number of rotatable bonds is 52. The molecule has 0 aliphatic carbocycles. The van der Waals surface area contributed by atoms with Crippen LogP contribution in [-0.2, 0) is 33.3 Å². The van der Waals surface area contributed by atoms with E-state index in [0.29, 0.717) is 23.9 Å². The summed E-state index contributed by atoms with van der Waals surface area (Å²) in [5.41, 5.74) is 0. The zero-order valence-corrected chi connectivity index (χ0v) is 47.7. The third-order valence-electron chi connectivity index (χ3n) is 12.0. The van der Waals surface area contributed by atoms with E-state index >= 15 is 0 Å². The van der Waals surface area contributed by atoms with Crippen LogP contribution in [0.15, 0.2) is 122 Å². The average molecular weight is 1030 g/mol. The Morgan fingerprint density at radius 3 is 1.15 bits per heavy atom. The summed E-state index contributed by atoms with van der Waals surface area (Å²) in [5.74, 6) is -2.04. The first kappa shape index (κ1) is 69.7. The van der Waals surface area contributed by atoms with E-state index in [0.717, 1.165) is 122 Å². The number of hydrogen-bond donors (Lipinski definition) is 1. The van der Waals surface area contributed by atoms with Crippen LogP contribution in [0.5, 0.6) is 0 Å². The van der Waals surface area contributed by atoms with Crippen molar-refractivity contribution in [3.63, 3.8) is 0 Å². The minimum atomic E-state index is -1.52. The van der Waals surface area contributed by atoms with Gasteiger partial charge in [0, 0.05) is 12.8 Å². The minimum absolute atomic E-state index is 0.180. The summed E-state index contributed by atoms with van der Waals surface area (Å²) < 4.78 is 22.8. The van der Waals surface area contributed by atoms with Crippen molar-refractivity contribution in [2.45, 2.75) is 225 Å². The molecule has 0 aromatic rings. The third-order valence-corrected chi connectivity index (χ3v) is 12.0. The maximum absolute atomic E-state index is 12.8. The Bertz CT molecular complexity index is 1620. The van der Waals surface area contributed by atoms with Gasteiger partial charge in [0.05, 0.1) is 34.4 Å². The van der Waals surface area contributed by atoms with Crippen LogP contribution >= 0.6 is 0 Å². The van der Waals surface area contributed by atoms with Gasteiger partial charge in [0.2, 0.25) is 0 Å². The molecule has 1 N–H and O–H groups in total. The third kappa shape index (κ3) is 55.4. The highest BCUT2D eigenvalue weighted by atomic mass is 16.7. The largest absolute Gasteiger partial charge is 0.477 e. The van der Waals surface area contributed by atoms with Crippen molar-refractivity contribution in [2.75, 3.05) is 47.5 Å². The quantitative estimate of drug-likeness (QED) is 0.0211. The average Bonchev–Trinajstić information content (AvgIpc) is 3.37. The fourth-order valence-electron chi connectivity index (χ4n) is 7.51. The van der Waals surface area contributed by atoms with Crippen molar-refractivity contribution in [2.24, 2.45) is 0 Å². The van der Waals surface area contributed by atoms with Crippen LogP contribution < -0.4 is 0 Å². The summed E-state index contributed by atoms with van der Waals surface area (Å²) in [6, 6.07) is 0. The molecule has 0 bridgehead atoms. The van der Waals surface area contributed by atoms with Gasteiger partial charge in [0.15, 0.2) is 6.10 Å². The summed E-state index contributed by atoms with van der Waals surface area (Å²) in [6.45, 7) is 4.72. The van der Waals surface area contributed by atoms with Crippen molar-refractivity contribution < 1.29 is 42.9 Å². The van der Waals surface area contributed by atoms with Gasteiger partial charge in [-0.3, -0.25) is 9.59 Å². The van der Waals surface area contributed by atoms with Crippen LogP contribution in [0.25, 0.3) is 0 Å². The molecule has 74 heavy (non-hydrogen) atoms. The second-order valence-electron chi connectivity index (χ2n) is 20.2. The first-order valence-electron chi connectivity index (χ1n) is 29.2. The van der Waals surface area contributed by atoms with Crippen LogP contribution in [0.2, 0.25) is 0 Å². The monoisotopic (exact) mass is 1030 g/mol. The maximum atomic E-state index is 12.8. The zero-order chi connectivity index (χ0) is 54.1. The highest BCUT2D eigenvalue weighted by Gasteiger charge is 2.25. The Morgan fingerprint density at radius 1 is 0.419 bits per heavy atom. The highest BCUT2D eigenvalue weighted by molar-refractivity contribution is 5.71. The number of unbranched alkanes of at least 4 members (excludes halogenated alkanes) is 17. The molecule has 0 heterocycles. The smallest absolute Gasteiger partial charge is 0.361 e. The minimum Gasteiger partial charge on any atom is -0.477 e. The molecule has 420 valence electrons. The summed E-state index contributed by atoms with van der Waals surface area (Å²) in [7, 11) is 5.95. The van der Waals surface area contributed by atoms with Gasteiger partial charge in [-0.2, -0.15) is 0 Å². The van der Waals surface area contributed by atoms with Gasteiger partial charge in [0.25, 0.3) is 6.29 Å².